The summed E-state index contributed by atoms with van der Waals surface area (Å²) in [5, 5.41) is 2.88. The number of fused-ring (bicyclic) bond motifs is 2. The molecule has 1 atom stereocenters. The number of anilines is 1. The van der Waals surface area contributed by atoms with Crippen LogP contribution >= 0.6 is 0 Å². The van der Waals surface area contributed by atoms with E-state index in [0.29, 0.717) is 17.9 Å². The maximum Gasteiger partial charge on any atom is 0.231 e. The van der Waals surface area contributed by atoms with Crippen molar-refractivity contribution in [2.45, 2.75) is 19.3 Å². The van der Waals surface area contributed by atoms with Crippen LogP contribution in [0.5, 0.6) is 11.5 Å². The van der Waals surface area contributed by atoms with Crippen LogP contribution in [-0.4, -0.2) is 12.7 Å². The molecule has 1 N–H and O–H groups in total. The van der Waals surface area contributed by atoms with Gasteiger partial charge in [-0.1, -0.05) is 0 Å². The van der Waals surface area contributed by atoms with Crippen LogP contribution in [0.25, 0.3) is 0 Å². The molecule has 2 aliphatic rings. The first-order valence-electron chi connectivity index (χ1n) is 6.50. The minimum atomic E-state index is -0.0815. The molecule has 0 aliphatic carbocycles. The molecule has 3 heterocycles. The molecular formula is C15H13NO4. The minimum Gasteiger partial charge on any atom is -0.466 e. The molecule has 0 bridgehead atoms. The van der Waals surface area contributed by atoms with Gasteiger partial charge in [-0.05, 0) is 30.7 Å². The smallest absolute Gasteiger partial charge is 0.231 e. The van der Waals surface area contributed by atoms with Crippen molar-refractivity contribution < 1.29 is 18.7 Å². The maximum atomic E-state index is 11.9. The number of furan rings is 1. The maximum absolute atomic E-state index is 11.9. The van der Waals surface area contributed by atoms with E-state index in [0.717, 1.165) is 22.8 Å². The van der Waals surface area contributed by atoms with Crippen molar-refractivity contribution in [1.82, 2.24) is 0 Å². The minimum absolute atomic E-state index is 0.0181. The van der Waals surface area contributed by atoms with Gasteiger partial charge in [0.2, 0.25) is 12.7 Å². The van der Waals surface area contributed by atoms with E-state index in [-0.39, 0.29) is 18.6 Å². The SMILES string of the molecule is Cc1ccc([C@H]2CC(=O)Nc3cc4c(cc32)OCO4)o1. The summed E-state index contributed by atoms with van der Waals surface area (Å²) in [7, 11) is 0. The van der Waals surface area contributed by atoms with E-state index in [4.69, 9.17) is 13.9 Å². The highest BCUT2D eigenvalue weighted by Crippen LogP contribution is 2.44. The quantitative estimate of drug-likeness (QED) is 0.866. The summed E-state index contributed by atoms with van der Waals surface area (Å²) in [5.41, 5.74) is 1.77. The third-order valence-corrected chi connectivity index (χ3v) is 3.69. The number of aryl methyl sites for hydroxylation is 1. The van der Waals surface area contributed by atoms with Crippen LogP contribution in [-0.2, 0) is 4.79 Å². The van der Waals surface area contributed by atoms with Crippen molar-refractivity contribution in [3.63, 3.8) is 0 Å². The number of nitrogens with one attached hydrogen (secondary N) is 1. The second-order valence-electron chi connectivity index (χ2n) is 5.05. The van der Waals surface area contributed by atoms with E-state index in [2.05, 4.69) is 5.32 Å². The summed E-state index contributed by atoms with van der Waals surface area (Å²) < 4.78 is 16.5. The second-order valence-corrected chi connectivity index (χ2v) is 5.05. The molecule has 0 radical (unpaired) electrons. The van der Waals surface area contributed by atoms with Gasteiger partial charge in [0.15, 0.2) is 11.5 Å². The summed E-state index contributed by atoms with van der Waals surface area (Å²) >= 11 is 0. The Kier molecular flexibility index (Phi) is 2.30. The summed E-state index contributed by atoms with van der Waals surface area (Å²) in [6, 6.07) is 7.58. The summed E-state index contributed by atoms with van der Waals surface area (Å²) in [5.74, 6) is 2.93. The van der Waals surface area contributed by atoms with Crippen LogP contribution in [0.1, 0.15) is 29.4 Å². The molecule has 1 aromatic carbocycles. The molecule has 0 saturated heterocycles. The Bertz CT molecular complexity index is 704. The molecule has 2 aliphatic heterocycles. The summed E-state index contributed by atoms with van der Waals surface area (Å²) in [6.45, 7) is 2.11. The number of carbonyl (C=O) groups is 1. The largest absolute Gasteiger partial charge is 0.466 e. The van der Waals surface area contributed by atoms with E-state index in [1.165, 1.54) is 0 Å². The van der Waals surface area contributed by atoms with Gasteiger partial charge in [-0.15, -0.1) is 0 Å². The Hall–Kier alpha value is -2.43. The van der Waals surface area contributed by atoms with Crippen LogP contribution in [0.4, 0.5) is 5.69 Å². The van der Waals surface area contributed by atoms with Gasteiger partial charge in [0.1, 0.15) is 11.5 Å². The van der Waals surface area contributed by atoms with Crippen LogP contribution < -0.4 is 14.8 Å². The second kappa shape index (κ2) is 4.03. The average Bonchev–Trinajstić information content (AvgIpc) is 3.03. The van der Waals surface area contributed by atoms with Crippen molar-refractivity contribution in [3.05, 3.63) is 41.3 Å². The first-order chi connectivity index (χ1) is 9.70. The van der Waals surface area contributed by atoms with E-state index < -0.39 is 0 Å². The van der Waals surface area contributed by atoms with Gasteiger partial charge in [0, 0.05) is 18.2 Å². The lowest BCUT2D eigenvalue weighted by Gasteiger charge is -2.24. The molecular weight excluding hydrogens is 258 g/mol. The molecule has 5 heteroatoms. The average molecular weight is 271 g/mol. The van der Waals surface area contributed by atoms with Gasteiger partial charge in [0.05, 0.1) is 5.92 Å². The zero-order valence-corrected chi connectivity index (χ0v) is 10.9. The fourth-order valence-electron chi connectivity index (χ4n) is 2.75. The predicted octanol–water partition coefficient (Wildman–Crippen LogP) is 2.79. The molecule has 4 rings (SSSR count). The number of benzene rings is 1. The fraction of sp³-hybridized carbons (Fsp3) is 0.267. The lowest BCUT2D eigenvalue weighted by Crippen LogP contribution is -2.23. The van der Waals surface area contributed by atoms with Gasteiger partial charge in [-0.3, -0.25) is 4.79 Å². The fourth-order valence-corrected chi connectivity index (χ4v) is 2.75. The van der Waals surface area contributed by atoms with Gasteiger partial charge >= 0.3 is 0 Å². The third-order valence-electron chi connectivity index (χ3n) is 3.69. The molecule has 0 unspecified atom stereocenters. The zero-order chi connectivity index (χ0) is 13.7. The standard InChI is InChI=1S/C15H13NO4/c1-8-2-3-12(20-8)10-5-15(17)16-11-6-14-13(4-9(10)11)18-7-19-14/h2-4,6,10H,5,7H2,1H3,(H,16,17)/t10-/m0/s1. The molecule has 5 nitrogen and oxygen atoms in total. The first kappa shape index (κ1) is 11.4. The lowest BCUT2D eigenvalue weighted by molar-refractivity contribution is -0.116. The number of hydrogen-bond acceptors (Lipinski definition) is 4. The van der Waals surface area contributed by atoms with Gasteiger partial charge in [0.25, 0.3) is 0 Å². The molecule has 20 heavy (non-hydrogen) atoms. The predicted molar refractivity (Wildman–Crippen MR) is 71.1 cm³/mol. The molecule has 102 valence electrons. The number of ether oxygens (including phenoxy) is 2. The highest BCUT2D eigenvalue weighted by molar-refractivity contribution is 5.95. The van der Waals surface area contributed by atoms with Crippen molar-refractivity contribution in [3.8, 4) is 11.5 Å². The monoisotopic (exact) mass is 271 g/mol. The Morgan fingerprint density at radius 2 is 2.00 bits per heavy atom. The molecule has 0 spiro atoms. The van der Waals surface area contributed by atoms with E-state index in [1.807, 2.05) is 31.2 Å². The number of amides is 1. The highest BCUT2D eigenvalue weighted by atomic mass is 16.7. The summed E-state index contributed by atoms with van der Waals surface area (Å²) in [6.07, 6.45) is 0.375. The molecule has 1 amide bonds. The van der Waals surface area contributed by atoms with Gasteiger partial charge in [-0.25, -0.2) is 0 Å². The Balaban J connectivity index is 1.85. The van der Waals surface area contributed by atoms with Crippen molar-refractivity contribution in [1.29, 1.82) is 0 Å². The third kappa shape index (κ3) is 1.66. The molecule has 0 saturated carbocycles. The highest BCUT2D eigenvalue weighted by Gasteiger charge is 2.31. The topological polar surface area (TPSA) is 60.7 Å². The van der Waals surface area contributed by atoms with Crippen LogP contribution in [0.3, 0.4) is 0 Å². The number of hydrogen-bond donors (Lipinski definition) is 1. The molecule has 2 aromatic rings. The number of rotatable bonds is 1. The van der Waals surface area contributed by atoms with Crippen molar-refractivity contribution in [2.24, 2.45) is 0 Å². The van der Waals surface area contributed by atoms with E-state index in [1.54, 1.807) is 0 Å². The molecule has 0 fully saturated rings. The van der Waals surface area contributed by atoms with Gasteiger partial charge < -0.3 is 19.2 Å². The normalized spacial score (nSPS) is 19.6. The Morgan fingerprint density at radius 1 is 1.20 bits per heavy atom. The Labute approximate surface area is 115 Å². The van der Waals surface area contributed by atoms with Crippen LogP contribution in [0, 0.1) is 6.92 Å². The Morgan fingerprint density at radius 3 is 2.75 bits per heavy atom. The molecule has 1 aromatic heterocycles. The van der Waals surface area contributed by atoms with Gasteiger partial charge in [-0.2, -0.15) is 0 Å². The van der Waals surface area contributed by atoms with Crippen molar-refractivity contribution >= 4 is 11.6 Å². The van der Waals surface area contributed by atoms with E-state index in [9.17, 15) is 4.79 Å². The van der Waals surface area contributed by atoms with Crippen molar-refractivity contribution in [2.75, 3.05) is 12.1 Å². The van der Waals surface area contributed by atoms with E-state index >= 15 is 0 Å². The first-order valence-corrected chi connectivity index (χ1v) is 6.50. The van der Waals surface area contributed by atoms with Crippen LogP contribution in [0.15, 0.2) is 28.7 Å². The lowest BCUT2D eigenvalue weighted by atomic mass is 9.88. The zero-order valence-electron chi connectivity index (χ0n) is 10.9. The number of carbonyl (C=O) groups excluding carboxylic acids is 1. The summed E-state index contributed by atoms with van der Waals surface area (Å²) in [4.78, 5) is 11.9. The van der Waals surface area contributed by atoms with Crippen LogP contribution in [0.2, 0.25) is 0 Å².